The fraction of sp³-hybridized carbons (Fsp3) is 0.0323. The van der Waals surface area contributed by atoms with E-state index in [-0.39, 0.29) is 26.6 Å². The first kappa shape index (κ1) is 19.2. The average Bonchev–Trinajstić information content (AvgIpc) is 3.33. The SMILES string of the molecule is [2H]C([2H])([2H])c1ccc(-c2[c-]c(Oc3[c-]c4c(ccc5cccnc54)c4c3oc3ccccc34)ccc2)nc1.[Pt+2]. The topological polar surface area (TPSA) is 48.2 Å². The van der Waals surface area contributed by atoms with Gasteiger partial charge < -0.3 is 19.1 Å². The van der Waals surface area contributed by atoms with Gasteiger partial charge in [-0.3, -0.25) is 0 Å². The van der Waals surface area contributed by atoms with E-state index in [0.717, 1.165) is 38.0 Å². The summed E-state index contributed by atoms with van der Waals surface area (Å²) in [6.45, 7) is -2.21. The molecule has 3 heterocycles. The minimum Gasteiger partial charge on any atom is -0.497 e. The second-order valence-electron chi connectivity index (χ2n) is 8.28. The van der Waals surface area contributed by atoms with Crippen LogP contribution in [0.3, 0.4) is 0 Å². The summed E-state index contributed by atoms with van der Waals surface area (Å²) in [5, 5.41) is 4.76. The summed E-state index contributed by atoms with van der Waals surface area (Å²) in [4.78, 5) is 8.97. The van der Waals surface area contributed by atoms with Gasteiger partial charge in [0.2, 0.25) is 0 Å². The Morgan fingerprint density at radius 3 is 2.69 bits per heavy atom. The van der Waals surface area contributed by atoms with Crippen LogP contribution >= 0.6 is 0 Å². The van der Waals surface area contributed by atoms with Gasteiger partial charge >= 0.3 is 21.1 Å². The number of furan rings is 1. The molecule has 0 saturated heterocycles. The van der Waals surface area contributed by atoms with Crippen LogP contribution in [0.5, 0.6) is 11.5 Å². The van der Waals surface area contributed by atoms with Crippen molar-refractivity contribution in [2.45, 2.75) is 6.85 Å². The average molecular weight is 649 g/mol. The summed E-state index contributed by atoms with van der Waals surface area (Å²) in [7, 11) is 0. The Hall–Kier alpha value is -4.01. The molecule has 174 valence electrons. The maximum atomic E-state index is 7.57. The van der Waals surface area contributed by atoms with Crippen LogP contribution in [0.15, 0.2) is 95.7 Å². The zero-order chi connectivity index (χ0) is 25.9. The molecule has 4 aromatic carbocycles. The number of nitrogens with zero attached hydrogens (tertiary/aromatic N) is 2. The van der Waals surface area contributed by atoms with Crippen molar-refractivity contribution in [3.8, 4) is 22.8 Å². The van der Waals surface area contributed by atoms with Crippen molar-refractivity contribution >= 4 is 43.6 Å². The number of aromatic nitrogens is 2. The quantitative estimate of drug-likeness (QED) is 0.144. The molecule has 0 spiro atoms. The Morgan fingerprint density at radius 2 is 1.81 bits per heavy atom. The molecule has 0 aliphatic heterocycles. The van der Waals surface area contributed by atoms with E-state index in [1.165, 1.54) is 6.20 Å². The number of hydrogen-bond acceptors (Lipinski definition) is 4. The minimum absolute atomic E-state index is 0. The van der Waals surface area contributed by atoms with Gasteiger partial charge in [0, 0.05) is 27.6 Å². The molecular formula is C31H18N2O2Pt. The largest absolute Gasteiger partial charge is 2.00 e. The molecule has 0 bridgehead atoms. The maximum Gasteiger partial charge on any atom is 2.00 e. The molecule has 0 N–H and O–H groups in total. The third kappa shape index (κ3) is 3.66. The van der Waals surface area contributed by atoms with Gasteiger partial charge in [-0.15, -0.1) is 29.1 Å². The molecule has 7 aromatic rings. The van der Waals surface area contributed by atoms with Crippen LogP contribution in [0, 0.1) is 19.0 Å². The Bertz CT molecular complexity index is 2000. The first-order chi connectivity index (χ1) is 18.5. The number of ether oxygens (including phenoxy) is 1. The van der Waals surface area contributed by atoms with Crippen LogP contribution in [0.1, 0.15) is 9.68 Å². The summed E-state index contributed by atoms with van der Waals surface area (Å²) in [6.07, 6.45) is 3.15. The Labute approximate surface area is 226 Å². The second-order valence-corrected chi connectivity index (χ2v) is 8.28. The third-order valence-electron chi connectivity index (χ3n) is 6.10. The standard InChI is InChI=1S/C31H18N2O2.Pt/c1-19-11-14-26(33-18-19)21-6-4-8-22(16-21)34-28-17-25-23(13-12-20-7-5-15-32-30(20)25)29-24-9-2-3-10-27(24)35-31(28)29;/h2-15,18H,1H3;/q-2;+2/i1D3;. The van der Waals surface area contributed by atoms with Gasteiger partial charge in [0.05, 0.1) is 11.3 Å². The predicted octanol–water partition coefficient (Wildman–Crippen LogP) is 8.05. The number of hydrogen-bond donors (Lipinski definition) is 0. The van der Waals surface area contributed by atoms with Crippen LogP contribution in [0.4, 0.5) is 0 Å². The van der Waals surface area contributed by atoms with Gasteiger partial charge in [0.1, 0.15) is 5.58 Å². The first-order valence-corrected chi connectivity index (χ1v) is 11.2. The molecule has 0 aliphatic rings. The summed E-state index contributed by atoms with van der Waals surface area (Å²) >= 11 is 0. The van der Waals surface area contributed by atoms with Gasteiger partial charge in [0.25, 0.3) is 0 Å². The zero-order valence-electron chi connectivity index (χ0n) is 21.7. The smallest absolute Gasteiger partial charge is 0.497 e. The molecule has 0 atom stereocenters. The maximum absolute atomic E-state index is 7.57. The Kier molecular flexibility index (Phi) is 4.74. The van der Waals surface area contributed by atoms with Crippen LogP contribution in [0.2, 0.25) is 0 Å². The monoisotopic (exact) mass is 648 g/mol. The minimum atomic E-state index is -2.21. The van der Waals surface area contributed by atoms with Crippen LogP contribution in [-0.2, 0) is 21.1 Å². The Balaban J connectivity index is 0.00000277. The number of pyridine rings is 2. The molecule has 0 radical (unpaired) electrons. The van der Waals surface area contributed by atoms with E-state index in [1.54, 1.807) is 24.4 Å². The van der Waals surface area contributed by atoms with Crippen molar-refractivity contribution in [2.75, 3.05) is 0 Å². The molecule has 0 fully saturated rings. The van der Waals surface area contributed by atoms with E-state index >= 15 is 0 Å². The van der Waals surface area contributed by atoms with Crippen molar-refractivity contribution in [1.29, 1.82) is 0 Å². The summed E-state index contributed by atoms with van der Waals surface area (Å²) < 4.78 is 35.4. The molecule has 3 aromatic heterocycles. The van der Waals surface area contributed by atoms with Crippen molar-refractivity contribution in [3.05, 3.63) is 109 Å². The summed E-state index contributed by atoms with van der Waals surface area (Å²) in [5.74, 6) is 0.885. The molecular weight excluding hydrogens is 627 g/mol. The normalized spacial score (nSPS) is 12.8. The number of aryl methyl sites for hydroxylation is 1. The number of benzene rings is 4. The van der Waals surface area contributed by atoms with E-state index in [1.807, 2.05) is 48.5 Å². The van der Waals surface area contributed by atoms with Crippen LogP contribution < -0.4 is 4.74 Å². The van der Waals surface area contributed by atoms with Gasteiger partial charge in [-0.1, -0.05) is 66.0 Å². The van der Waals surface area contributed by atoms with Crippen LogP contribution in [-0.4, -0.2) is 9.97 Å². The van der Waals surface area contributed by atoms with Gasteiger partial charge in [-0.05, 0) is 46.5 Å². The summed E-state index contributed by atoms with van der Waals surface area (Å²) in [6, 6.07) is 31.4. The molecule has 7 rings (SSSR count). The second kappa shape index (κ2) is 8.89. The molecule has 36 heavy (non-hydrogen) atoms. The van der Waals surface area contributed by atoms with Crippen LogP contribution in [0.25, 0.3) is 54.9 Å². The molecule has 0 amide bonds. The van der Waals surface area contributed by atoms with Crippen molar-refractivity contribution in [2.24, 2.45) is 0 Å². The summed E-state index contributed by atoms with van der Waals surface area (Å²) in [5.41, 5.74) is 3.63. The molecule has 4 nitrogen and oxygen atoms in total. The Morgan fingerprint density at radius 1 is 0.861 bits per heavy atom. The van der Waals surface area contributed by atoms with Gasteiger partial charge in [0.15, 0.2) is 0 Å². The van der Waals surface area contributed by atoms with E-state index in [0.29, 0.717) is 28.3 Å². The number of rotatable bonds is 3. The fourth-order valence-electron chi connectivity index (χ4n) is 4.51. The van der Waals surface area contributed by atoms with E-state index in [9.17, 15) is 0 Å². The molecule has 5 heteroatoms. The predicted molar refractivity (Wildman–Crippen MR) is 139 cm³/mol. The third-order valence-corrected chi connectivity index (χ3v) is 6.10. The zero-order valence-corrected chi connectivity index (χ0v) is 21.0. The molecule has 0 saturated carbocycles. The van der Waals surface area contributed by atoms with E-state index < -0.39 is 6.85 Å². The number of fused-ring (bicyclic) bond motifs is 7. The first-order valence-electron chi connectivity index (χ1n) is 12.7. The van der Waals surface area contributed by atoms with Crippen molar-refractivity contribution < 1.29 is 34.3 Å². The molecule has 0 aliphatic carbocycles. The van der Waals surface area contributed by atoms with Gasteiger partial charge in [-0.2, -0.15) is 0 Å². The van der Waals surface area contributed by atoms with Crippen molar-refractivity contribution in [1.82, 2.24) is 9.97 Å². The molecule has 0 unspecified atom stereocenters. The number of para-hydroxylation sites is 1. The van der Waals surface area contributed by atoms with E-state index in [4.69, 9.17) is 13.3 Å². The van der Waals surface area contributed by atoms with Gasteiger partial charge in [-0.25, -0.2) is 0 Å². The van der Waals surface area contributed by atoms with E-state index in [2.05, 4.69) is 34.2 Å². The van der Waals surface area contributed by atoms with Crippen molar-refractivity contribution in [3.63, 3.8) is 0 Å². The fourth-order valence-corrected chi connectivity index (χ4v) is 4.51.